The zero-order chi connectivity index (χ0) is 13.4. The lowest BCUT2D eigenvalue weighted by Gasteiger charge is -2.27. The second-order valence-corrected chi connectivity index (χ2v) is 9.17. The van der Waals surface area contributed by atoms with Gasteiger partial charge in [0.1, 0.15) is 0 Å². The molecule has 0 amide bonds. The number of ether oxygens (including phenoxy) is 1. The highest BCUT2D eigenvalue weighted by Gasteiger charge is 2.19. The maximum Gasteiger partial charge on any atom is 0.0594 e. The highest BCUT2D eigenvalue weighted by molar-refractivity contribution is 8.77. The molecule has 18 heavy (non-hydrogen) atoms. The van der Waals surface area contributed by atoms with Crippen molar-refractivity contribution in [1.82, 2.24) is 4.90 Å². The van der Waals surface area contributed by atoms with Gasteiger partial charge >= 0.3 is 0 Å². The molecule has 0 aromatic rings. The number of hydrogen-bond donors (Lipinski definition) is 0. The van der Waals surface area contributed by atoms with Gasteiger partial charge in [-0.15, -0.1) is 0 Å². The van der Waals surface area contributed by atoms with E-state index >= 15 is 0 Å². The lowest BCUT2D eigenvalue weighted by Crippen LogP contribution is -2.37. The summed E-state index contributed by atoms with van der Waals surface area (Å²) < 4.78 is 5.78. The predicted molar refractivity (Wildman–Crippen MR) is 85.5 cm³/mol. The Bertz CT molecular complexity index is 216. The molecular weight excluding hydrogens is 262 g/mol. The van der Waals surface area contributed by atoms with Crippen LogP contribution in [0.5, 0.6) is 0 Å². The molecule has 0 unspecified atom stereocenters. The summed E-state index contributed by atoms with van der Waals surface area (Å²) >= 11 is 0. The average molecular weight is 292 g/mol. The molecule has 1 heterocycles. The van der Waals surface area contributed by atoms with Gasteiger partial charge in [-0.1, -0.05) is 35.4 Å². The fraction of sp³-hybridized carbons (Fsp3) is 1.00. The van der Waals surface area contributed by atoms with E-state index in [-0.39, 0.29) is 0 Å². The quantitative estimate of drug-likeness (QED) is 0.496. The summed E-state index contributed by atoms with van der Waals surface area (Å²) in [6.45, 7) is 14.6. The first-order chi connectivity index (χ1) is 8.49. The van der Waals surface area contributed by atoms with Crippen molar-refractivity contribution in [3.63, 3.8) is 0 Å². The van der Waals surface area contributed by atoms with E-state index in [2.05, 4.69) is 43.4 Å². The molecule has 0 aromatic carbocycles. The van der Waals surface area contributed by atoms with E-state index in [0.29, 0.717) is 4.75 Å². The van der Waals surface area contributed by atoms with Crippen LogP contribution in [-0.4, -0.2) is 48.2 Å². The predicted octanol–water partition coefficient (Wildman–Crippen LogP) is 3.91. The molecule has 0 radical (unpaired) electrons. The Morgan fingerprint density at radius 3 is 2.50 bits per heavy atom. The first-order valence-corrected chi connectivity index (χ1v) is 9.42. The van der Waals surface area contributed by atoms with E-state index < -0.39 is 0 Å². The molecule has 0 saturated carbocycles. The maximum absolute atomic E-state index is 5.36. The number of rotatable bonds is 8. The van der Waals surface area contributed by atoms with E-state index in [1.54, 1.807) is 0 Å². The van der Waals surface area contributed by atoms with Crippen LogP contribution in [0.3, 0.4) is 0 Å². The summed E-state index contributed by atoms with van der Waals surface area (Å²) in [5.41, 5.74) is 0. The standard InChI is InChI=1S/C14H29NOS2/c1-13(2)5-6-14(3,4)18-17-12-9-15-7-10-16-11-8-15/h13H,5-12H2,1-4H3. The molecule has 1 rings (SSSR count). The topological polar surface area (TPSA) is 12.5 Å². The monoisotopic (exact) mass is 291 g/mol. The van der Waals surface area contributed by atoms with Crippen LogP contribution in [0.25, 0.3) is 0 Å². The molecule has 0 N–H and O–H groups in total. The minimum Gasteiger partial charge on any atom is -0.379 e. The zero-order valence-electron chi connectivity index (χ0n) is 12.4. The fourth-order valence-corrected chi connectivity index (χ4v) is 4.49. The molecule has 108 valence electrons. The Kier molecular flexibility index (Phi) is 8.08. The van der Waals surface area contributed by atoms with Gasteiger partial charge in [0.2, 0.25) is 0 Å². The van der Waals surface area contributed by atoms with Gasteiger partial charge in [-0.3, -0.25) is 4.90 Å². The van der Waals surface area contributed by atoms with Gasteiger partial charge in [0, 0.05) is 30.1 Å². The minimum absolute atomic E-state index is 0.417. The van der Waals surface area contributed by atoms with E-state index in [0.717, 1.165) is 32.2 Å². The summed E-state index contributed by atoms with van der Waals surface area (Å²) in [6, 6.07) is 0. The van der Waals surface area contributed by atoms with Gasteiger partial charge in [-0.25, -0.2) is 0 Å². The third kappa shape index (κ3) is 7.93. The average Bonchev–Trinajstić information content (AvgIpc) is 2.34. The molecule has 4 heteroatoms. The van der Waals surface area contributed by atoms with Gasteiger partial charge < -0.3 is 4.74 Å². The Balaban J connectivity index is 2.04. The molecule has 2 nitrogen and oxygen atoms in total. The van der Waals surface area contributed by atoms with Crippen molar-refractivity contribution < 1.29 is 4.74 Å². The zero-order valence-corrected chi connectivity index (χ0v) is 14.0. The molecule has 1 aliphatic heterocycles. The van der Waals surface area contributed by atoms with Crippen molar-refractivity contribution in [1.29, 1.82) is 0 Å². The summed E-state index contributed by atoms with van der Waals surface area (Å²) in [4.78, 5) is 2.51. The smallest absolute Gasteiger partial charge is 0.0594 e. The van der Waals surface area contributed by atoms with E-state index in [1.165, 1.54) is 25.1 Å². The number of hydrogen-bond acceptors (Lipinski definition) is 4. The van der Waals surface area contributed by atoms with Gasteiger partial charge in [0.25, 0.3) is 0 Å². The second-order valence-electron chi connectivity index (χ2n) is 6.05. The molecule has 1 aliphatic rings. The Morgan fingerprint density at radius 2 is 1.89 bits per heavy atom. The number of nitrogens with zero attached hydrogens (tertiary/aromatic N) is 1. The van der Waals surface area contributed by atoms with Crippen LogP contribution < -0.4 is 0 Å². The van der Waals surface area contributed by atoms with Crippen molar-refractivity contribution in [3.8, 4) is 0 Å². The largest absolute Gasteiger partial charge is 0.379 e. The lowest BCUT2D eigenvalue weighted by atomic mass is 10.0. The first kappa shape index (κ1) is 16.7. The Labute approximate surface area is 121 Å². The molecule has 0 bridgehead atoms. The summed E-state index contributed by atoms with van der Waals surface area (Å²) in [6.07, 6.45) is 2.66. The minimum atomic E-state index is 0.417. The lowest BCUT2D eigenvalue weighted by molar-refractivity contribution is 0.0410. The highest BCUT2D eigenvalue weighted by atomic mass is 33.1. The van der Waals surface area contributed by atoms with Crippen LogP contribution in [0.4, 0.5) is 0 Å². The van der Waals surface area contributed by atoms with Crippen LogP contribution in [0.1, 0.15) is 40.5 Å². The molecular formula is C14H29NOS2. The molecule has 0 spiro atoms. The third-order valence-corrected chi connectivity index (χ3v) is 6.53. The third-order valence-electron chi connectivity index (χ3n) is 3.20. The van der Waals surface area contributed by atoms with Gasteiger partial charge in [-0.05, 0) is 32.6 Å². The fourth-order valence-electron chi connectivity index (χ4n) is 1.87. The van der Waals surface area contributed by atoms with Crippen molar-refractivity contribution >= 4 is 21.6 Å². The van der Waals surface area contributed by atoms with Crippen LogP contribution in [-0.2, 0) is 4.74 Å². The van der Waals surface area contributed by atoms with Crippen LogP contribution in [0.15, 0.2) is 0 Å². The van der Waals surface area contributed by atoms with Crippen molar-refractivity contribution in [2.75, 3.05) is 38.6 Å². The normalized spacial score (nSPS) is 18.5. The second kappa shape index (κ2) is 8.72. The summed E-state index contributed by atoms with van der Waals surface area (Å²) in [7, 11) is 4.11. The van der Waals surface area contributed by atoms with E-state index in [9.17, 15) is 0 Å². The Hall–Kier alpha value is 0.620. The Morgan fingerprint density at radius 1 is 1.22 bits per heavy atom. The summed E-state index contributed by atoms with van der Waals surface area (Å²) in [5.74, 6) is 2.05. The number of morpholine rings is 1. The highest BCUT2D eigenvalue weighted by Crippen LogP contribution is 2.39. The molecule has 0 atom stereocenters. The van der Waals surface area contributed by atoms with Crippen LogP contribution in [0.2, 0.25) is 0 Å². The summed E-state index contributed by atoms with van der Waals surface area (Å²) in [5, 5.41) is 0. The van der Waals surface area contributed by atoms with E-state index in [4.69, 9.17) is 4.74 Å². The van der Waals surface area contributed by atoms with Crippen molar-refractivity contribution in [2.24, 2.45) is 5.92 Å². The molecule has 0 aromatic heterocycles. The maximum atomic E-state index is 5.36. The van der Waals surface area contributed by atoms with Crippen molar-refractivity contribution in [2.45, 2.75) is 45.3 Å². The van der Waals surface area contributed by atoms with Gasteiger partial charge in [0.15, 0.2) is 0 Å². The molecule has 0 aliphatic carbocycles. The SMILES string of the molecule is CC(C)CCC(C)(C)SSCCN1CCOCC1. The van der Waals surface area contributed by atoms with Crippen LogP contribution >= 0.6 is 21.6 Å². The van der Waals surface area contributed by atoms with E-state index in [1.807, 2.05) is 10.8 Å². The molecule has 1 saturated heterocycles. The van der Waals surface area contributed by atoms with Gasteiger partial charge in [-0.2, -0.15) is 0 Å². The van der Waals surface area contributed by atoms with Crippen LogP contribution in [0, 0.1) is 5.92 Å². The van der Waals surface area contributed by atoms with Gasteiger partial charge in [0.05, 0.1) is 13.2 Å². The molecule has 1 fully saturated rings. The van der Waals surface area contributed by atoms with Crippen molar-refractivity contribution in [3.05, 3.63) is 0 Å². The first-order valence-electron chi connectivity index (χ1n) is 7.10.